The Balaban J connectivity index is 4.28. The van der Waals surface area contributed by atoms with Crippen molar-refractivity contribution in [3.8, 4) is 0 Å². The Morgan fingerprint density at radius 2 is 1.04 bits per heavy atom. The molecule has 10 heteroatoms. The van der Waals surface area contributed by atoms with Gasteiger partial charge in [0.2, 0.25) is 4.29 Å². The van der Waals surface area contributed by atoms with Crippen molar-refractivity contribution in [2.75, 3.05) is 0 Å². The average Bonchev–Trinajstić information content (AvgIpc) is 2.51. The molecule has 0 aromatic rings. The summed E-state index contributed by atoms with van der Waals surface area (Å²) in [5.74, 6) is -0.633. The monoisotopic (exact) mass is 752 g/mol. The van der Waals surface area contributed by atoms with Gasteiger partial charge in [0.25, 0.3) is 11.8 Å². The molecule has 0 bridgehead atoms. The molecule has 4 nitrogen and oxygen atoms in total. The first-order valence-electron chi connectivity index (χ1n) is 8.73. The maximum Gasteiger partial charge on any atom is 0.260 e. The highest BCUT2D eigenvalue weighted by atomic mass is 80.0. The van der Waals surface area contributed by atoms with Crippen molar-refractivity contribution in [3.63, 3.8) is 0 Å². The van der Waals surface area contributed by atoms with Gasteiger partial charge in [0.1, 0.15) is 6.17 Å². The Hall–Kier alpha value is 1.82. The van der Waals surface area contributed by atoms with Crippen LogP contribution in [0.1, 0.15) is 71.1 Å². The third kappa shape index (κ3) is 14.8. The van der Waals surface area contributed by atoms with Crippen molar-refractivity contribution >= 4 is 107 Å². The summed E-state index contributed by atoms with van der Waals surface area (Å²) in [6.07, 6.45) is 11.2. The van der Waals surface area contributed by atoms with Crippen LogP contribution in [0.5, 0.6) is 0 Å². The molecule has 0 spiro atoms. The summed E-state index contributed by atoms with van der Waals surface area (Å²) in [6.45, 7) is 2.23. The first kappa shape index (κ1) is 27.8. The molecule has 0 radical (unpaired) electrons. The summed E-state index contributed by atoms with van der Waals surface area (Å²) in [5, 5.41) is 5.62. The molecule has 0 unspecified atom stereocenters. The number of unbranched alkanes of at least 4 members (excludes halogenated alkanes) is 8. The van der Waals surface area contributed by atoms with Crippen LogP contribution in [0.2, 0.25) is 0 Å². The van der Waals surface area contributed by atoms with E-state index in [0.29, 0.717) is 6.42 Å². The van der Waals surface area contributed by atoms with Gasteiger partial charge in [-0.2, -0.15) is 0 Å². The van der Waals surface area contributed by atoms with E-state index >= 15 is 0 Å². The van der Waals surface area contributed by atoms with Crippen LogP contribution in [-0.4, -0.2) is 22.3 Å². The quantitative estimate of drug-likeness (QED) is 0.126. The van der Waals surface area contributed by atoms with E-state index in [-0.39, 0.29) is 11.8 Å². The fourth-order valence-corrected chi connectivity index (χ4v) is 3.01. The Morgan fingerprint density at radius 3 is 1.38 bits per heavy atom. The zero-order valence-electron chi connectivity index (χ0n) is 14.7. The standard InChI is InChI=1S/C16H26Br6N2O2/c1-2-3-4-5-6-7-8-9-10-11-12(23-13(25)15(17,18)19)24-14(26)16(20,21)22/h12H,2-11H2,1H3,(H,23,25)(H,24,26). The number of halogens is 6. The van der Waals surface area contributed by atoms with Gasteiger partial charge in [-0.05, 0) is 108 Å². The van der Waals surface area contributed by atoms with Gasteiger partial charge in [0, 0.05) is 0 Å². The molecule has 0 aromatic carbocycles. The maximum atomic E-state index is 12.1. The summed E-state index contributed by atoms with van der Waals surface area (Å²) in [4.78, 5) is 24.3. The Bertz CT molecular complexity index is 396. The topological polar surface area (TPSA) is 58.2 Å². The van der Waals surface area contributed by atoms with E-state index in [1.165, 1.54) is 44.9 Å². The average molecular weight is 758 g/mol. The van der Waals surface area contributed by atoms with Crippen LogP contribution >= 0.6 is 95.6 Å². The largest absolute Gasteiger partial charge is 0.333 e. The van der Waals surface area contributed by atoms with Crippen LogP contribution in [0.15, 0.2) is 0 Å². The van der Waals surface area contributed by atoms with Gasteiger partial charge in [-0.25, -0.2) is 0 Å². The van der Waals surface area contributed by atoms with Crippen LogP contribution in [0.3, 0.4) is 0 Å². The minimum atomic E-state index is -1.05. The van der Waals surface area contributed by atoms with Crippen molar-refractivity contribution in [3.05, 3.63) is 0 Å². The lowest BCUT2D eigenvalue weighted by atomic mass is 10.1. The second kappa shape index (κ2) is 14.7. The molecule has 0 heterocycles. The second-order valence-electron chi connectivity index (χ2n) is 6.11. The third-order valence-electron chi connectivity index (χ3n) is 3.72. The zero-order chi connectivity index (χ0) is 20.2. The molecular weight excluding hydrogens is 732 g/mol. The smallest absolute Gasteiger partial charge is 0.260 e. The number of amides is 2. The number of carbonyl (C=O) groups excluding carboxylic acids is 2. The number of carbonyl (C=O) groups is 2. The first-order chi connectivity index (χ1) is 12.0. The van der Waals surface area contributed by atoms with Crippen molar-refractivity contribution in [2.45, 2.75) is 81.6 Å². The van der Waals surface area contributed by atoms with Gasteiger partial charge < -0.3 is 10.6 Å². The summed E-state index contributed by atoms with van der Waals surface area (Å²) in [7, 11) is 0. The first-order valence-corrected chi connectivity index (χ1v) is 13.5. The summed E-state index contributed by atoms with van der Waals surface area (Å²) in [6, 6.07) is 0. The molecule has 0 atom stereocenters. The minimum Gasteiger partial charge on any atom is -0.333 e. The summed E-state index contributed by atoms with van der Waals surface area (Å²) in [5.41, 5.74) is 0. The number of rotatable bonds is 12. The van der Waals surface area contributed by atoms with Gasteiger partial charge >= 0.3 is 0 Å². The van der Waals surface area contributed by atoms with E-state index in [0.717, 1.165) is 12.8 Å². The van der Waals surface area contributed by atoms with E-state index in [1.807, 2.05) is 0 Å². The van der Waals surface area contributed by atoms with Gasteiger partial charge in [-0.15, -0.1) is 0 Å². The molecular formula is C16H26Br6N2O2. The number of hydrogen-bond donors (Lipinski definition) is 2. The van der Waals surface area contributed by atoms with Crippen molar-refractivity contribution in [2.24, 2.45) is 0 Å². The predicted octanol–water partition coefficient (Wildman–Crippen LogP) is 7.14. The van der Waals surface area contributed by atoms with Crippen LogP contribution in [0.4, 0.5) is 0 Å². The SMILES string of the molecule is CCCCCCCCCCCC(NC(=O)C(Br)(Br)Br)NC(=O)C(Br)(Br)Br. The van der Waals surface area contributed by atoms with Crippen molar-refractivity contribution in [1.82, 2.24) is 10.6 Å². The molecule has 2 amide bonds. The van der Waals surface area contributed by atoms with Crippen LogP contribution in [0.25, 0.3) is 0 Å². The molecule has 0 saturated carbocycles. The number of alkyl halides is 6. The summed E-state index contributed by atoms with van der Waals surface area (Å²) >= 11 is 19.1. The van der Waals surface area contributed by atoms with E-state index < -0.39 is 10.5 Å². The summed E-state index contributed by atoms with van der Waals surface area (Å²) < 4.78 is -2.11. The maximum absolute atomic E-state index is 12.1. The Labute approximate surface area is 207 Å². The zero-order valence-corrected chi connectivity index (χ0v) is 24.2. The number of nitrogens with one attached hydrogen (secondary N) is 2. The lowest BCUT2D eigenvalue weighted by Gasteiger charge is -2.24. The molecule has 26 heavy (non-hydrogen) atoms. The molecule has 0 saturated heterocycles. The highest BCUT2D eigenvalue weighted by Crippen LogP contribution is 2.35. The van der Waals surface area contributed by atoms with E-state index in [4.69, 9.17) is 0 Å². The van der Waals surface area contributed by atoms with E-state index in [1.54, 1.807) is 0 Å². The van der Waals surface area contributed by atoms with E-state index in [9.17, 15) is 9.59 Å². The fraction of sp³-hybridized carbons (Fsp3) is 0.875. The molecule has 0 aliphatic carbocycles. The normalized spacial score (nSPS) is 12.3. The molecule has 2 N–H and O–H groups in total. The lowest BCUT2D eigenvalue weighted by Crippen LogP contribution is -2.52. The van der Waals surface area contributed by atoms with Crippen LogP contribution in [0, 0.1) is 0 Å². The van der Waals surface area contributed by atoms with Crippen LogP contribution in [-0.2, 0) is 9.59 Å². The van der Waals surface area contributed by atoms with Gasteiger partial charge in [0.15, 0.2) is 0 Å². The molecule has 0 fully saturated rings. The third-order valence-corrected chi connectivity index (χ3v) is 5.88. The van der Waals surface area contributed by atoms with Gasteiger partial charge in [-0.3, -0.25) is 9.59 Å². The lowest BCUT2D eigenvalue weighted by molar-refractivity contribution is -0.122. The van der Waals surface area contributed by atoms with E-state index in [2.05, 4.69) is 113 Å². The Morgan fingerprint density at radius 1 is 0.692 bits per heavy atom. The minimum absolute atomic E-state index is 0.317. The predicted molar refractivity (Wildman–Crippen MR) is 131 cm³/mol. The van der Waals surface area contributed by atoms with Crippen LogP contribution < -0.4 is 10.6 Å². The molecule has 0 aromatic heterocycles. The second-order valence-corrected chi connectivity index (χ2v) is 19.6. The molecule has 0 rings (SSSR count). The highest BCUT2D eigenvalue weighted by molar-refractivity contribution is 9.40. The number of hydrogen-bond acceptors (Lipinski definition) is 2. The Kier molecular flexibility index (Phi) is 15.8. The van der Waals surface area contributed by atoms with Crippen molar-refractivity contribution in [1.29, 1.82) is 0 Å². The molecule has 154 valence electrons. The van der Waals surface area contributed by atoms with Crippen molar-refractivity contribution < 1.29 is 9.59 Å². The van der Waals surface area contributed by atoms with Gasteiger partial charge in [0.05, 0.1) is 0 Å². The molecule has 0 aliphatic rings. The molecule has 0 aliphatic heterocycles. The van der Waals surface area contributed by atoms with Gasteiger partial charge in [-0.1, -0.05) is 58.3 Å². The fourth-order valence-electron chi connectivity index (χ4n) is 2.32. The highest BCUT2D eigenvalue weighted by Gasteiger charge is 2.33.